The number of aromatic nitrogens is 5. The van der Waals surface area contributed by atoms with Crippen molar-refractivity contribution in [1.82, 2.24) is 29.4 Å². The molecule has 1 fully saturated rings. The predicted molar refractivity (Wildman–Crippen MR) is 184 cm³/mol. The van der Waals surface area contributed by atoms with Crippen LogP contribution in [-0.2, 0) is 19.1 Å². The molecule has 1 saturated heterocycles. The lowest BCUT2D eigenvalue weighted by molar-refractivity contribution is -0.144. The van der Waals surface area contributed by atoms with E-state index in [4.69, 9.17) is 4.74 Å². The number of hydrogen-bond acceptors (Lipinski definition) is 9. The van der Waals surface area contributed by atoms with E-state index < -0.39 is 23.7 Å². The summed E-state index contributed by atoms with van der Waals surface area (Å²) in [5.41, 5.74) is 1.37. The summed E-state index contributed by atoms with van der Waals surface area (Å²) in [6.45, 7) is 9.29. The number of rotatable bonds is 9. The first-order valence-electron chi connectivity index (χ1n) is 15.9. The fourth-order valence-corrected chi connectivity index (χ4v) is 6.06. The number of aryl methyl sites for hydroxylation is 1. The highest BCUT2D eigenvalue weighted by molar-refractivity contribution is 5.82. The quantitative estimate of drug-likeness (QED) is 0.218. The van der Waals surface area contributed by atoms with Gasteiger partial charge in [-0.3, -0.25) is 14.5 Å². The highest BCUT2D eigenvalue weighted by Gasteiger charge is 2.45. The van der Waals surface area contributed by atoms with Crippen molar-refractivity contribution in [2.75, 3.05) is 25.0 Å². The molecule has 1 aliphatic heterocycles. The normalized spacial score (nSPS) is 14.9. The molecular weight excluding hydrogens is 632 g/mol. The van der Waals surface area contributed by atoms with Gasteiger partial charge in [0.15, 0.2) is 0 Å². The molecule has 13 heteroatoms. The first-order valence-corrected chi connectivity index (χ1v) is 15.9. The van der Waals surface area contributed by atoms with Crippen LogP contribution in [-0.4, -0.2) is 65.7 Å². The molecular formula is C36H39F2N7O4. The average molecular weight is 672 g/mol. The van der Waals surface area contributed by atoms with Crippen LogP contribution in [0, 0.1) is 0 Å². The smallest absolute Gasteiger partial charge is 0.290 e. The summed E-state index contributed by atoms with van der Waals surface area (Å²) in [5.74, 6) is -1.84. The molecule has 0 bridgehead atoms. The fraction of sp³-hybridized carbons (Fsp3) is 0.361. The molecule has 3 aromatic heterocycles. The van der Waals surface area contributed by atoms with Crippen molar-refractivity contribution in [2.24, 2.45) is 7.05 Å². The van der Waals surface area contributed by atoms with Gasteiger partial charge in [-0.2, -0.15) is 14.9 Å². The lowest BCUT2D eigenvalue weighted by atomic mass is 9.86. The van der Waals surface area contributed by atoms with Gasteiger partial charge >= 0.3 is 0 Å². The first-order chi connectivity index (χ1) is 23.0. The standard InChI is InChI=1S/C36H39F2N7O4/c1-34(2,3)23-10-12-25-22(14-23)16-40-45(32(25)47)30-9-7-8-26(27(30)18-46)28-15-29(33(48)43(6)42-28)41-31-13-11-24(17-39-31)49-35(4,5)19-44-20-36(37,38)21-44/h7-17,46H,18-21H2,1-6H3,(H,39,41). The zero-order chi connectivity index (χ0) is 35.3. The summed E-state index contributed by atoms with van der Waals surface area (Å²) < 4.78 is 35.0. The van der Waals surface area contributed by atoms with E-state index in [0.29, 0.717) is 46.0 Å². The second-order valence-corrected chi connectivity index (χ2v) is 14.1. The van der Waals surface area contributed by atoms with Gasteiger partial charge in [-0.15, -0.1) is 0 Å². The molecule has 49 heavy (non-hydrogen) atoms. The van der Waals surface area contributed by atoms with Gasteiger partial charge in [0.2, 0.25) is 0 Å². The fourth-order valence-electron chi connectivity index (χ4n) is 6.06. The molecule has 0 atom stereocenters. The lowest BCUT2D eigenvalue weighted by Gasteiger charge is -2.42. The number of benzene rings is 2. The maximum atomic E-state index is 13.7. The number of halogens is 2. The van der Waals surface area contributed by atoms with E-state index in [1.54, 1.807) is 53.6 Å². The molecule has 0 radical (unpaired) electrons. The summed E-state index contributed by atoms with van der Waals surface area (Å²) in [6, 6.07) is 15.8. The van der Waals surface area contributed by atoms with Crippen LogP contribution in [0.15, 0.2) is 76.6 Å². The highest BCUT2D eigenvalue weighted by atomic mass is 19.3. The van der Waals surface area contributed by atoms with Crippen molar-refractivity contribution in [3.8, 4) is 22.7 Å². The van der Waals surface area contributed by atoms with Crippen LogP contribution in [0.4, 0.5) is 20.3 Å². The molecule has 1 aliphatic rings. The van der Waals surface area contributed by atoms with Crippen molar-refractivity contribution in [1.29, 1.82) is 0 Å². The van der Waals surface area contributed by atoms with E-state index in [2.05, 4.69) is 41.3 Å². The molecule has 2 N–H and O–H groups in total. The Morgan fingerprint density at radius 1 is 0.980 bits per heavy atom. The zero-order valence-corrected chi connectivity index (χ0v) is 28.3. The van der Waals surface area contributed by atoms with E-state index in [0.717, 1.165) is 10.9 Å². The van der Waals surface area contributed by atoms with Gasteiger partial charge in [0.1, 0.15) is 22.9 Å². The third-order valence-corrected chi connectivity index (χ3v) is 8.44. The number of anilines is 2. The first kappa shape index (κ1) is 33.9. The van der Waals surface area contributed by atoms with Crippen molar-refractivity contribution in [2.45, 2.75) is 58.2 Å². The minimum absolute atomic E-state index is 0.0943. The van der Waals surface area contributed by atoms with Gasteiger partial charge < -0.3 is 15.2 Å². The van der Waals surface area contributed by atoms with Gasteiger partial charge in [0, 0.05) is 30.1 Å². The topological polar surface area (TPSA) is 127 Å². The minimum Gasteiger partial charge on any atom is -0.485 e. The SMILES string of the molecule is Cn1nc(-c2cccc(-n3ncc4cc(C(C)(C)C)ccc4c3=O)c2CO)cc(Nc2ccc(OC(C)(C)CN3CC(F)(F)C3)cn2)c1=O. The van der Waals surface area contributed by atoms with E-state index in [1.165, 1.54) is 22.6 Å². The zero-order valence-electron chi connectivity index (χ0n) is 28.3. The summed E-state index contributed by atoms with van der Waals surface area (Å²) >= 11 is 0. The Labute approximate surface area is 281 Å². The number of aliphatic hydroxyl groups excluding tert-OH is 1. The molecule has 2 aromatic carbocycles. The maximum absolute atomic E-state index is 13.7. The molecule has 0 aliphatic carbocycles. The van der Waals surface area contributed by atoms with Crippen molar-refractivity contribution >= 4 is 22.3 Å². The minimum atomic E-state index is -2.65. The van der Waals surface area contributed by atoms with Crippen LogP contribution in [0.1, 0.15) is 45.7 Å². The van der Waals surface area contributed by atoms with Gasteiger partial charge in [-0.1, -0.05) is 39.0 Å². The monoisotopic (exact) mass is 671 g/mol. The Kier molecular flexibility index (Phi) is 8.62. The molecule has 0 saturated carbocycles. The van der Waals surface area contributed by atoms with Crippen LogP contribution >= 0.6 is 0 Å². The van der Waals surface area contributed by atoms with Crippen molar-refractivity contribution in [3.63, 3.8) is 0 Å². The number of aliphatic hydroxyl groups is 1. The number of ether oxygens (including phenoxy) is 1. The number of hydrogen-bond donors (Lipinski definition) is 2. The number of nitrogens with one attached hydrogen (secondary N) is 1. The largest absolute Gasteiger partial charge is 0.485 e. The maximum Gasteiger partial charge on any atom is 0.290 e. The lowest BCUT2D eigenvalue weighted by Crippen LogP contribution is -2.60. The second kappa shape index (κ2) is 12.5. The molecule has 4 heterocycles. The number of fused-ring (bicyclic) bond motifs is 1. The molecule has 5 aromatic rings. The molecule has 11 nitrogen and oxygen atoms in total. The van der Waals surface area contributed by atoms with E-state index in [-0.39, 0.29) is 29.8 Å². The number of nitrogens with zero attached hydrogens (tertiary/aromatic N) is 6. The third kappa shape index (κ3) is 7.08. The van der Waals surface area contributed by atoms with Gasteiger partial charge in [-0.25, -0.2) is 18.4 Å². The van der Waals surface area contributed by atoms with Crippen LogP contribution in [0.5, 0.6) is 5.75 Å². The van der Waals surface area contributed by atoms with E-state index >= 15 is 0 Å². The summed E-state index contributed by atoms with van der Waals surface area (Å²) in [7, 11) is 1.52. The summed E-state index contributed by atoms with van der Waals surface area (Å²) in [4.78, 5) is 32.8. The second-order valence-electron chi connectivity index (χ2n) is 14.1. The molecule has 0 unspecified atom stereocenters. The van der Waals surface area contributed by atoms with E-state index in [1.807, 2.05) is 26.0 Å². The Balaban J connectivity index is 1.27. The van der Waals surface area contributed by atoms with Crippen LogP contribution < -0.4 is 21.2 Å². The van der Waals surface area contributed by atoms with Crippen LogP contribution in [0.2, 0.25) is 0 Å². The average Bonchev–Trinajstić information content (AvgIpc) is 3.02. The third-order valence-electron chi connectivity index (χ3n) is 8.44. The number of alkyl halides is 2. The Hall–Kier alpha value is -5.01. The molecule has 0 amide bonds. The molecule has 0 spiro atoms. The van der Waals surface area contributed by atoms with Crippen molar-refractivity contribution < 1.29 is 18.6 Å². The van der Waals surface area contributed by atoms with Crippen LogP contribution in [0.3, 0.4) is 0 Å². The van der Waals surface area contributed by atoms with Crippen molar-refractivity contribution in [3.05, 3.63) is 98.8 Å². The van der Waals surface area contributed by atoms with Gasteiger partial charge in [0.25, 0.3) is 17.0 Å². The Morgan fingerprint density at radius 3 is 2.39 bits per heavy atom. The van der Waals surface area contributed by atoms with Gasteiger partial charge in [0.05, 0.1) is 48.9 Å². The number of pyridine rings is 1. The summed E-state index contributed by atoms with van der Waals surface area (Å²) in [6.07, 6.45) is 3.14. The molecule has 256 valence electrons. The van der Waals surface area contributed by atoms with E-state index in [9.17, 15) is 23.5 Å². The number of likely N-dealkylation sites (tertiary alicyclic amines) is 1. The Bertz CT molecular complexity index is 2150. The van der Waals surface area contributed by atoms with Gasteiger partial charge in [-0.05, 0) is 61.2 Å². The highest BCUT2D eigenvalue weighted by Crippen LogP contribution is 2.31. The predicted octanol–water partition coefficient (Wildman–Crippen LogP) is 5.18. The summed E-state index contributed by atoms with van der Waals surface area (Å²) in [5, 5.41) is 23.7. The van der Waals surface area contributed by atoms with Crippen LogP contribution in [0.25, 0.3) is 27.7 Å². The molecule has 6 rings (SSSR count). The Morgan fingerprint density at radius 2 is 1.73 bits per heavy atom.